The molecule has 3 N–H and O–H groups in total. The first-order valence-electron chi connectivity index (χ1n) is 7.20. The number of fused-ring (bicyclic) bond motifs is 1. The van der Waals surface area contributed by atoms with Gasteiger partial charge < -0.3 is 10.2 Å². The number of pyridine rings is 1. The van der Waals surface area contributed by atoms with Crippen LogP contribution in [0.3, 0.4) is 0 Å². The molecule has 0 radical (unpaired) electrons. The number of hydrogen-bond donors (Lipinski definition) is 3. The highest BCUT2D eigenvalue weighted by Crippen LogP contribution is 2.29. The average Bonchev–Trinajstić information content (AvgIpc) is 2.54. The van der Waals surface area contributed by atoms with Crippen LogP contribution in [-0.2, 0) is 10.0 Å². The van der Waals surface area contributed by atoms with Crippen molar-refractivity contribution < 1.29 is 18.6 Å². The molecule has 2 aromatic carbocycles. The van der Waals surface area contributed by atoms with Crippen LogP contribution >= 0.6 is 0 Å². The van der Waals surface area contributed by atoms with Gasteiger partial charge in [0.1, 0.15) is 5.75 Å². The van der Waals surface area contributed by atoms with Gasteiger partial charge in [0.25, 0.3) is 10.0 Å². The zero-order chi connectivity index (χ0) is 17.5. The van der Waals surface area contributed by atoms with Crippen LogP contribution in [0.5, 0.6) is 11.5 Å². The third-order valence-corrected chi connectivity index (χ3v) is 5.12. The van der Waals surface area contributed by atoms with E-state index in [0.717, 1.165) is 5.39 Å². The lowest BCUT2D eigenvalue weighted by Gasteiger charge is -2.11. The number of aromatic nitrogens is 1. The summed E-state index contributed by atoms with van der Waals surface area (Å²) >= 11 is 0. The minimum absolute atomic E-state index is 0.0443. The molecule has 0 spiro atoms. The summed E-state index contributed by atoms with van der Waals surface area (Å²) in [6.45, 7) is 3.46. The number of nitrogens with zero attached hydrogens (tertiary/aromatic N) is 1. The fourth-order valence-electron chi connectivity index (χ4n) is 2.43. The van der Waals surface area contributed by atoms with E-state index in [4.69, 9.17) is 0 Å². The van der Waals surface area contributed by atoms with Gasteiger partial charge in [-0.3, -0.25) is 4.72 Å². The number of aryl methyl sites for hydroxylation is 2. The lowest BCUT2D eigenvalue weighted by Crippen LogP contribution is -2.14. The quantitative estimate of drug-likeness (QED) is 0.678. The number of anilines is 1. The molecule has 3 aromatic rings. The van der Waals surface area contributed by atoms with E-state index in [1.54, 1.807) is 32.0 Å². The number of rotatable bonds is 3. The van der Waals surface area contributed by atoms with E-state index in [9.17, 15) is 18.6 Å². The molecule has 6 nitrogen and oxygen atoms in total. The Balaban J connectivity index is 2.05. The van der Waals surface area contributed by atoms with Gasteiger partial charge >= 0.3 is 0 Å². The number of nitrogens with one attached hydrogen (secondary N) is 1. The first kappa shape index (κ1) is 16.1. The summed E-state index contributed by atoms with van der Waals surface area (Å²) in [6, 6.07) is 10.7. The molecular formula is C17H16N2O4S. The molecule has 0 atom stereocenters. The minimum atomic E-state index is -3.90. The maximum Gasteiger partial charge on any atom is 0.263 e. The highest BCUT2D eigenvalue weighted by Gasteiger charge is 2.18. The molecular weight excluding hydrogens is 328 g/mol. The summed E-state index contributed by atoms with van der Waals surface area (Å²) in [5.74, 6) is -0.201. The zero-order valence-corrected chi connectivity index (χ0v) is 13.9. The van der Waals surface area contributed by atoms with E-state index in [1.165, 1.54) is 24.3 Å². The largest absolute Gasteiger partial charge is 0.508 e. The second-order valence-corrected chi connectivity index (χ2v) is 7.20. The molecule has 7 heteroatoms. The molecule has 0 aliphatic heterocycles. The molecule has 24 heavy (non-hydrogen) atoms. The lowest BCUT2D eigenvalue weighted by atomic mass is 10.1. The second-order valence-electron chi connectivity index (χ2n) is 5.52. The zero-order valence-electron chi connectivity index (χ0n) is 13.1. The van der Waals surface area contributed by atoms with E-state index >= 15 is 0 Å². The van der Waals surface area contributed by atoms with Crippen molar-refractivity contribution in [2.75, 3.05) is 4.72 Å². The van der Waals surface area contributed by atoms with Crippen LogP contribution in [-0.4, -0.2) is 23.6 Å². The molecule has 0 fully saturated rings. The van der Waals surface area contributed by atoms with Crippen LogP contribution in [0.2, 0.25) is 0 Å². The van der Waals surface area contributed by atoms with Crippen LogP contribution in [0.25, 0.3) is 10.8 Å². The molecule has 124 valence electrons. The lowest BCUT2D eigenvalue weighted by molar-refractivity contribution is 0.472. The summed E-state index contributed by atoms with van der Waals surface area (Å²) in [6.07, 6.45) is 0. The Labute approximate surface area is 139 Å². The van der Waals surface area contributed by atoms with E-state index in [2.05, 4.69) is 9.71 Å². The number of sulfonamides is 1. The van der Waals surface area contributed by atoms with Gasteiger partial charge in [-0.1, -0.05) is 12.1 Å². The summed E-state index contributed by atoms with van der Waals surface area (Å²) in [5, 5.41) is 21.0. The molecule has 0 bridgehead atoms. The van der Waals surface area contributed by atoms with Crippen LogP contribution in [0.1, 0.15) is 11.3 Å². The Kier molecular flexibility index (Phi) is 3.81. The van der Waals surface area contributed by atoms with Crippen molar-refractivity contribution in [3.05, 3.63) is 53.7 Å². The van der Waals surface area contributed by atoms with Crippen LogP contribution in [0, 0.1) is 13.8 Å². The first-order valence-corrected chi connectivity index (χ1v) is 8.68. The molecule has 0 aliphatic rings. The molecule has 0 saturated heterocycles. The summed E-state index contributed by atoms with van der Waals surface area (Å²) < 4.78 is 27.4. The molecule has 0 saturated carbocycles. The van der Waals surface area contributed by atoms with Crippen molar-refractivity contribution in [2.45, 2.75) is 18.7 Å². The predicted octanol–water partition coefficient (Wildman–Crippen LogP) is 3.06. The van der Waals surface area contributed by atoms with E-state index < -0.39 is 10.0 Å². The monoisotopic (exact) mass is 344 g/mol. The van der Waals surface area contributed by atoms with E-state index in [0.29, 0.717) is 16.6 Å². The first-order chi connectivity index (χ1) is 11.3. The normalized spacial score (nSPS) is 11.6. The van der Waals surface area contributed by atoms with Crippen molar-refractivity contribution in [3.8, 4) is 11.5 Å². The van der Waals surface area contributed by atoms with Crippen molar-refractivity contribution in [3.63, 3.8) is 0 Å². The molecule has 3 rings (SSSR count). The standard InChI is InChI=1S/C17H16N2O4S/c1-10-3-7-16(21)17(18-10)19-24(22,23)13-5-6-14-11(2)15(20)8-4-12(14)9-13/h3-9,20-21H,1-2H3,(H,18,19). The summed E-state index contributed by atoms with van der Waals surface area (Å²) in [4.78, 5) is 4.04. The van der Waals surface area contributed by atoms with Crippen molar-refractivity contribution >= 4 is 26.6 Å². The Bertz CT molecular complexity index is 1050. The smallest absolute Gasteiger partial charge is 0.263 e. The van der Waals surface area contributed by atoms with E-state index in [-0.39, 0.29) is 22.2 Å². The Morgan fingerprint density at radius 2 is 1.67 bits per heavy atom. The third kappa shape index (κ3) is 2.85. The topological polar surface area (TPSA) is 99.5 Å². The second kappa shape index (κ2) is 5.68. The Hall–Kier alpha value is -2.80. The van der Waals surface area contributed by atoms with Gasteiger partial charge in [0.15, 0.2) is 11.6 Å². The highest BCUT2D eigenvalue weighted by molar-refractivity contribution is 7.92. The van der Waals surface area contributed by atoms with Gasteiger partial charge in [0, 0.05) is 5.69 Å². The van der Waals surface area contributed by atoms with Crippen LogP contribution < -0.4 is 4.72 Å². The minimum Gasteiger partial charge on any atom is -0.508 e. The Morgan fingerprint density at radius 1 is 0.958 bits per heavy atom. The van der Waals surface area contributed by atoms with Crippen molar-refractivity contribution in [2.24, 2.45) is 0 Å². The fraction of sp³-hybridized carbons (Fsp3) is 0.118. The Morgan fingerprint density at radius 3 is 2.42 bits per heavy atom. The molecule has 1 aromatic heterocycles. The molecule has 0 aliphatic carbocycles. The van der Waals surface area contributed by atoms with Gasteiger partial charge in [0.2, 0.25) is 0 Å². The predicted molar refractivity (Wildman–Crippen MR) is 91.8 cm³/mol. The van der Waals surface area contributed by atoms with Gasteiger partial charge in [0.05, 0.1) is 4.90 Å². The number of hydrogen-bond acceptors (Lipinski definition) is 5. The number of phenols is 1. The number of phenolic OH excluding ortho intramolecular Hbond substituents is 1. The van der Waals surface area contributed by atoms with Gasteiger partial charge in [-0.05, 0) is 60.5 Å². The summed E-state index contributed by atoms with van der Waals surface area (Å²) in [5.41, 5.74) is 1.26. The fourth-order valence-corrected chi connectivity index (χ4v) is 3.48. The van der Waals surface area contributed by atoms with Crippen molar-refractivity contribution in [1.82, 2.24) is 4.98 Å². The highest BCUT2D eigenvalue weighted by atomic mass is 32.2. The van der Waals surface area contributed by atoms with Gasteiger partial charge in [-0.25, -0.2) is 13.4 Å². The average molecular weight is 344 g/mol. The number of aromatic hydroxyl groups is 2. The maximum absolute atomic E-state index is 12.5. The molecule has 1 heterocycles. The molecule has 0 unspecified atom stereocenters. The molecule has 0 amide bonds. The van der Waals surface area contributed by atoms with Crippen molar-refractivity contribution in [1.29, 1.82) is 0 Å². The SMILES string of the molecule is Cc1ccc(O)c(NS(=O)(=O)c2ccc3c(C)c(O)ccc3c2)n1. The summed E-state index contributed by atoms with van der Waals surface area (Å²) in [7, 11) is -3.90. The third-order valence-electron chi connectivity index (χ3n) is 3.79. The number of benzene rings is 2. The van der Waals surface area contributed by atoms with E-state index in [1.807, 2.05) is 0 Å². The van der Waals surface area contributed by atoms with Crippen LogP contribution in [0.4, 0.5) is 5.82 Å². The maximum atomic E-state index is 12.5. The van der Waals surface area contributed by atoms with Gasteiger partial charge in [-0.15, -0.1) is 0 Å². The van der Waals surface area contributed by atoms with Crippen LogP contribution in [0.15, 0.2) is 47.4 Å². The van der Waals surface area contributed by atoms with Gasteiger partial charge in [-0.2, -0.15) is 0 Å².